The summed E-state index contributed by atoms with van der Waals surface area (Å²) in [4.78, 5) is 16.2. The molecule has 0 unspecified atom stereocenters. The van der Waals surface area contributed by atoms with Crippen LogP contribution in [0.25, 0.3) is 10.9 Å². The summed E-state index contributed by atoms with van der Waals surface area (Å²) in [5.74, 6) is 1.24. The van der Waals surface area contributed by atoms with E-state index in [9.17, 15) is 4.79 Å². The molecule has 1 amide bonds. The van der Waals surface area contributed by atoms with Gasteiger partial charge in [-0.3, -0.25) is 4.79 Å². The highest BCUT2D eigenvalue weighted by Gasteiger charge is 2.45. The van der Waals surface area contributed by atoms with Gasteiger partial charge in [-0.2, -0.15) is 0 Å². The van der Waals surface area contributed by atoms with Crippen LogP contribution in [0.4, 0.5) is 0 Å². The average molecular weight is 380 g/mol. The monoisotopic (exact) mass is 380 g/mol. The van der Waals surface area contributed by atoms with Crippen molar-refractivity contribution in [2.75, 3.05) is 27.9 Å². The number of methoxy groups -OCH3 is 3. The third-order valence-electron chi connectivity index (χ3n) is 5.53. The number of carbonyl (C=O) groups is 1. The van der Waals surface area contributed by atoms with Gasteiger partial charge in [0.2, 0.25) is 5.75 Å². The van der Waals surface area contributed by atoms with E-state index in [4.69, 9.17) is 14.2 Å². The summed E-state index contributed by atoms with van der Waals surface area (Å²) >= 11 is 0. The quantitative estimate of drug-likeness (QED) is 0.656. The summed E-state index contributed by atoms with van der Waals surface area (Å²) in [6, 6.07) is 11.6. The Bertz CT molecular complexity index is 995. The van der Waals surface area contributed by atoms with Gasteiger partial charge in [-0.25, -0.2) is 0 Å². The standard InChI is InChI=1S/C22H24N2O4/c1-26-18-10-14(11-19(27-2)20(18)28-3)21(25)24-13-22(8-9-22)16-12-23-17-7-5-4-6-15(16)17/h4-7,10-12,23H,8-9,13H2,1-3H3,(H,24,25). The highest BCUT2D eigenvalue weighted by molar-refractivity contribution is 5.96. The second kappa shape index (κ2) is 7.11. The highest BCUT2D eigenvalue weighted by Crippen LogP contribution is 2.50. The third kappa shape index (κ3) is 3.05. The molecule has 4 rings (SSSR count). The van der Waals surface area contributed by atoms with Crippen LogP contribution in [0.15, 0.2) is 42.6 Å². The first kappa shape index (κ1) is 18.2. The molecule has 28 heavy (non-hydrogen) atoms. The van der Waals surface area contributed by atoms with Gasteiger partial charge in [-0.1, -0.05) is 18.2 Å². The molecule has 146 valence electrons. The molecule has 1 aromatic heterocycles. The fraction of sp³-hybridized carbons (Fsp3) is 0.318. The second-order valence-corrected chi connectivity index (χ2v) is 7.12. The zero-order valence-corrected chi connectivity index (χ0v) is 16.3. The maximum atomic E-state index is 12.8. The van der Waals surface area contributed by atoms with E-state index in [1.807, 2.05) is 12.1 Å². The van der Waals surface area contributed by atoms with Gasteiger partial charge in [-0.05, 0) is 36.6 Å². The Morgan fingerprint density at radius 3 is 2.36 bits per heavy atom. The number of hydrogen-bond donors (Lipinski definition) is 2. The SMILES string of the molecule is COc1cc(C(=O)NCC2(c3c[nH]c4ccccc34)CC2)cc(OC)c1OC. The number of H-pyrrole nitrogens is 1. The largest absolute Gasteiger partial charge is 0.493 e. The molecule has 0 atom stereocenters. The Balaban J connectivity index is 1.55. The van der Waals surface area contributed by atoms with E-state index in [1.165, 1.54) is 32.3 Å². The minimum Gasteiger partial charge on any atom is -0.493 e. The molecular weight excluding hydrogens is 356 g/mol. The van der Waals surface area contributed by atoms with Crippen LogP contribution < -0.4 is 19.5 Å². The van der Waals surface area contributed by atoms with Gasteiger partial charge < -0.3 is 24.5 Å². The normalized spacial score (nSPS) is 14.5. The van der Waals surface area contributed by atoms with Gasteiger partial charge in [0.25, 0.3) is 5.91 Å². The molecule has 3 aromatic rings. The van der Waals surface area contributed by atoms with Gasteiger partial charge in [0.1, 0.15) is 0 Å². The minimum atomic E-state index is -0.162. The fourth-order valence-corrected chi connectivity index (χ4v) is 3.77. The lowest BCUT2D eigenvalue weighted by Gasteiger charge is -2.17. The first-order valence-electron chi connectivity index (χ1n) is 9.26. The predicted octanol–water partition coefficient (Wildman–Crippen LogP) is 3.66. The first-order valence-corrected chi connectivity index (χ1v) is 9.26. The Labute approximate surface area is 163 Å². The lowest BCUT2D eigenvalue weighted by Crippen LogP contribution is -2.32. The van der Waals surface area contributed by atoms with Crippen molar-refractivity contribution in [2.45, 2.75) is 18.3 Å². The number of hydrogen-bond acceptors (Lipinski definition) is 4. The number of ether oxygens (including phenoxy) is 3. The van der Waals surface area contributed by atoms with Crippen molar-refractivity contribution < 1.29 is 19.0 Å². The summed E-state index contributed by atoms with van der Waals surface area (Å²) in [7, 11) is 4.61. The van der Waals surface area contributed by atoms with Crippen LogP contribution in [-0.2, 0) is 5.41 Å². The molecule has 2 aromatic carbocycles. The van der Waals surface area contributed by atoms with Crippen LogP contribution in [0.1, 0.15) is 28.8 Å². The van der Waals surface area contributed by atoms with Gasteiger partial charge in [-0.15, -0.1) is 0 Å². The van der Waals surface area contributed by atoms with Gasteiger partial charge in [0.05, 0.1) is 21.3 Å². The van der Waals surface area contributed by atoms with Crippen molar-refractivity contribution in [1.29, 1.82) is 0 Å². The maximum Gasteiger partial charge on any atom is 0.251 e. The summed E-state index contributed by atoms with van der Waals surface area (Å²) in [6.45, 7) is 0.588. The Kier molecular flexibility index (Phi) is 4.63. The number of amides is 1. The van der Waals surface area contributed by atoms with Crippen molar-refractivity contribution in [3.8, 4) is 17.2 Å². The summed E-state index contributed by atoms with van der Waals surface area (Å²) in [5.41, 5.74) is 2.87. The van der Waals surface area contributed by atoms with E-state index in [0.717, 1.165) is 18.4 Å². The zero-order chi connectivity index (χ0) is 19.7. The summed E-state index contributed by atoms with van der Waals surface area (Å²) in [5, 5.41) is 4.31. The van der Waals surface area contributed by atoms with Gasteiger partial charge >= 0.3 is 0 Å². The predicted molar refractivity (Wildman–Crippen MR) is 108 cm³/mol. The number of aromatic nitrogens is 1. The highest BCUT2D eigenvalue weighted by atomic mass is 16.5. The van der Waals surface area contributed by atoms with Crippen molar-refractivity contribution >= 4 is 16.8 Å². The smallest absolute Gasteiger partial charge is 0.251 e. The van der Waals surface area contributed by atoms with Gasteiger partial charge in [0, 0.05) is 34.6 Å². The van der Waals surface area contributed by atoms with Gasteiger partial charge in [0.15, 0.2) is 11.5 Å². The number of fused-ring (bicyclic) bond motifs is 1. The molecule has 0 spiro atoms. The van der Waals surface area contributed by atoms with Crippen molar-refractivity contribution in [2.24, 2.45) is 0 Å². The summed E-state index contributed by atoms with van der Waals surface area (Å²) < 4.78 is 16.0. The van der Waals surface area contributed by atoms with E-state index in [-0.39, 0.29) is 11.3 Å². The molecule has 6 nitrogen and oxygen atoms in total. The molecule has 6 heteroatoms. The Morgan fingerprint density at radius 2 is 1.75 bits per heavy atom. The number of nitrogens with one attached hydrogen (secondary N) is 2. The number of rotatable bonds is 7. The molecule has 2 N–H and O–H groups in total. The molecule has 0 bridgehead atoms. The molecular formula is C22H24N2O4. The van der Waals surface area contributed by atoms with Crippen LogP contribution >= 0.6 is 0 Å². The molecule has 1 heterocycles. The number of para-hydroxylation sites is 1. The van der Waals surface area contributed by atoms with Crippen LogP contribution in [0, 0.1) is 0 Å². The van der Waals surface area contributed by atoms with E-state index < -0.39 is 0 Å². The molecule has 1 fully saturated rings. The van der Waals surface area contributed by atoms with Crippen LogP contribution in [0.3, 0.4) is 0 Å². The molecule has 1 aliphatic rings. The zero-order valence-electron chi connectivity index (χ0n) is 16.3. The molecule has 1 aliphatic carbocycles. The van der Waals surface area contributed by atoms with Crippen LogP contribution in [0.5, 0.6) is 17.2 Å². The van der Waals surface area contributed by atoms with Crippen molar-refractivity contribution in [3.63, 3.8) is 0 Å². The van der Waals surface area contributed by atoms with E-state index in [0.29, 0.717) is 29.4 Å². The maximum absolute atomic E-state index is 12.8. The van der Waals surface area contributed by atoms with Crippen LogP contribution in [-0.4, -0.2) is 38.8 Å². The number of carbonyl (C=O) groups excluding carboxylic acids is 1. The first-order chi connectivity index (χ1) is 13.6. The molecule has 0 saturated heterocycles. The fourth-order valence-electron chi connectivity index (χ4n) is 3.77. The van der Waals surface area contributed by atoms with E-state index in [2.05, 4.69) is 28.6 Å². The number of benzene rings is 2. The van der Waals surface area contributed by atoms with Crippen LogP contribution in [0.2, 0.25) is 0 Å². The minimum absolute atomic E-state index is 0.00406. The van der Waals surface area contributed by atoms with Crippen molar-refractivity contribution in [3.05, 3.63) is 53.7 Å². The second-order valence-electron chi connectivity index (χ2n) is 7.12. The Hall–Kier alpha value is -3.15. The topological polar surface area (TPSA) is 72.6 Å². The summed E-state index contributed by atoms with van der Waals surface area (Å²) in [6.07, 6.45) is 4.19. The van der Waals surface area contributed by atoms with E-state index >= 15 is 0 Å². The average Bonchev–Trinajstić information content (AvgIpc) is 3.40. The lowest BCUT2D eigenvalue weighted by molar-refractivity contribution is 0.0949. The molecule has 1 saturated carbocycles. The Morgan fingerprint density at radius 1 is 1.07 bits per heavy atom. The lowest BCUT2D eigenvalue weighted by atomic mass is 9.95. The van der Waals surface area contributed by atoms with Crippen molar-refractivity contribution in [1.82, 2.24) is 10.3 Å². The molecule has 0 aliphatic heterocycles. The third-order valence-corrected chi connectivity index (χ3v) is 5.53. The number of aromatic amines is 1. The molecule has 0 radical (unpaired) electrons. The van der Waals surface area contributed by atoms with E-state index in [1.54, 1.807) is 12.1 Å².